The minimum Gasteiger partial charge on any atom is -0.373 e. The van der Waals surface area contributed by atoms with Crippen LogP contribution in [0.1, 0.15) is 18.4 Å². The van der Waals surface area contributed by atoms with E-state index in [0.29, 0.717) is 12.6 Å². The quantitative estimate of drug-likeness (QED) is 0.809. The number of benzene rings is 1. The number of hydrogen-bond acceptors (Lipinski definition) is 4. The molecule has 0 aliphatic heterocycles. The van der Waals surface area contributed by atoms with Crippen LogP contribution in [0.3, 0.4) is 0 Å². The van der Waals surface area contributed by atoms with Gasteiger partial charge in [0.15, 0.2) is 0 Å². The normalized spacial score (nSPS) is 15.3. The van der Waals surface area contributed by atoms with E-state index in [9.17, 15) is 8.42 Å². The molecular formula is C14H21BrN2O2S. The van der Waals surface area contributed by atoms with Crippen LogP contribution in [-0.4, -0.2) is 40.1 Å². The van der Waals surface area contributed by atoms with Gasteiger partial charge in [0.05, 0.1) is 5.75 Å². The highest BCUT2D eigenvalue weighted by molar-refractivity contribution is 9.10. The maximum Gasteiger partial charge on any atom is 0.149 e. The second-order valence-electron chi connectivity index (χ2n) is 5.48. The van der Waals surface area contributed by atoms with Crippen molar-refractivity contribution in [3.63, 3.8) is 0 Å². The third-order valence-corrected chi connectivity index (χ3v) is 4.83. The van der Waals surface area contributed by atoms with Crippen LogP contribution in [0.5, 0.6) is 0 Å². The van der Waals surface area contributed by atoms with Gasteiger partial charge >= 0.3 is 0 Å². The van der Waals surface area contributed by atoms with Crippen molar-refractivity contribution in [2.45, 2.75) is 25.4 Å². The Balaban J connectivity index is 2.07. The Morgan fingerprint density at radius 3 is 2.70 bits per heavy atom. The van der Waals surface area contributed by atoms with Gasteiger partial charge in [-0.05, 0) is 36.6 Å². The summed E-state index contributed by atoms with van der Waals surface area (Å²) in [6.07, 6.45) is 3.79. The third kappa shape index (κ3) is 5.07. The predicted octanol–water partition coefficient (Wildman–Crippen LogP) is 2.18. The zero-order valence-electron chi connectivity index (χ0n) is 11.9. The van der Waals surface area contributed by atoms with Crippen molar-refractivity contribution >= 4 is 31.5 Å². The zero-order chi connectivity index (χ0) is 14.8. The molecule has 1 aromatic carbocycles. The fourth-order valence-electron chi connectivity index (χ4n) is 2.03. The van der Waals surface area contributed by atoms with Crippen molar-refractivity contribution in [1.82, 2.24) is 5.32 Å². The van der Waals surface area contributed by atoms with Crippen molar-refractivity contribution in [1.29, 1.82) is 0 Å². The highest BCUT2D eigenvalue weighted by Gasteiger charge is 2.21. The van der Waals surface area contributed by atoms with Crippen LogP contribution in [0.2, 0.25) is 0 Å². The molecule has 0 radical (unpaired) electrons. The number of nitrogens with one attached hydrogen (secondary N) is 1. The maximum absolute atomic E-state index is 11.3. The number of sulfone groups is 1. The Bertz CT molecular complexity index is 571. The van der Waals surface area contributed by atoms with Crippen LogP contribution in [0, 0.1) is 0 Å². The first kappa shape index (κ1) is 15.8. The first-order valence-electron chi connectivity index (χ1n) is 6.76. The van der Waals surface area contributed by atoms with E-state index in [-0.39, 0.29) is 5.75 Å². The topological polar surface area (TPSA) is 49.4 Å². The van der Waals surface area contributed by atoms with E-state index in [1.807, 2.05) is 24.1 Å². The average molecular weight is 361 g/mol. The molecule has 1 saturated carbocycles. The van der Waals surface area contributed by atoms with Gasteiger partial charge in [0.25, 0.3) is 0 Å². The molecule has 1 fully saturated rings. The summed E-state index contributed by atoms with van der Waals surface area (Å²) < 4.78 is 23.6. The molecule has 1 aliphatic rings. The van der Waals surface area contributed by atoms with Gasteiger partial charge in [0.1, 0.15) is 9.84 Å². The summed E-state index contributed by atoms with van der Waals surface area (Å²) in [6.45, 7) is 1.33. The van der Waals surface area contributed by atoms with Crippen molar-refractivity contribution in [3.05, 3.63) is 28.2 Å². The molecule has 0 heterocycles. The summed E-state index contributed by atoms with van der Waals surface area (Å²) in [5.74, 6) is 0.176. The molecule has 4 nitrogen and oxygen atoms in total. The van der Waals surface area contributed by atoms with E-state index in [4.69, 9.17) is 0 Å². The third-order valence-electron chi connectivity index (χ3n) is 3.41. The minimum absolute atomic E-state index is 0.176. The molecule has 0 unspecified atom stereocenters. The van der Waals surface area contributed by atoms with Crippen molar-refractivity contribution < 1.29 is 8.42 Å². The Morgan fingerprint density at radius 1 is 1.40 bits per heavy atom. The molecule has 1 aliphatic carbocycles. The van der Waals surface area contributed by atoms with Crippen LogP contribution in [-0.2, 0) is 16.4 Å². The average Bonchev–Trinajstić information content (AvgIpc) is 3.16. The van der Waals surface area contributed by atoms with Gasteiger partial charge in [-0.3, -0.25) is 0 Å². The van der Waals surface area contributed by atoms with Crippen LogP contribution >= 0.6 is 15.9 Å². The number of hydrogen-bond donors (Lipinski definition) is 1. The smallest absolute Gasteiger partial charge is 0.149 e. The second-order valence-corrected chi connectivity index (χ2v) is 8.66. The lowest BCUT2D eigenvalue weighted by atomic mass is 10.1. The molecule has 0 aromatic heterocycles. The standard InChI is InChI=1S/C14H21BrN2O2S/c1-17(7-8-20(2,18)19)14-6-3-12(15)9-11(14)10-16-13-4-5-13/h3,6,9,13,16H,4-5,7-8,10H2,1-2H3. The SMILES string of the molecule is CN(CCS(C)(=O)=O)c1ccc(Br)cc1CNC1CC1. The number of anilines is 1. The summed E-state index contributed by atoms with van der Waals surface area (Å²) in [5.41, 5.74) is 2.28. The molecule has 0 bridgehead atoms. The van der Waals surface area contributed by atoms with E-state index in [1.165, 1.54) is 24.7 Å². The second kappa shape index (κ2) is 6.45. The fourth-order valence-corrected chi connectivity index (χ4v) is 3.05. The molecule has 2 rings (SSSR count). The highest BCUT2D eigenvalue weighted by atomic mass is 79.9. The summed E-state index contributed by atoms with van der Waals surface area (Å²) in [6, 6.07) is 6.79. The molecule has 20 heavy (non-hydrogen) atoms. The van der Waals surface area contributed by atoms with Crippen LogP contribution in [0.4, 0.5) is 5.69 Å². The van der Waals surface area contributed by atoms with Gasteiger partial charge in [-0.2, -0.15) is 0 Å². The molecule has 0 saturated heterocycles. The number of nitrogens with zero attached hydrogens (tertiary/aromatic N) is 1. The lowest BCUT2D eigenvalue weighted by Crippen LogP contribution is -2.27. The molecule has 112 valence electrons. The van der Waals surface area contributed by atoms with Gasteiger partial charge in [0, 0.05) is 42.6 Å². The molecule has 0 spiro atoms. The van der Waals surface area contributed by atoms with Crippen molar-refractivity contribution in [3.8, 4) is 0 Å². The maximum atomic E-state index is 11.3. The predicted molar refractivity (Wildman–Crippen MR) is 87.0 cm³/mol. The largest absolute Gasteiger partial charge is 0.373 e. The van der Waals surface area contributed by atoms with E-state index in [0.717, 1.165) is 16.7 Å². The van der Waals surface area contributed by atoms with Crippen LogP contribution in [0.25, 0.3) is 0 Å². The molecular weight excluding hydrogens is 340 g/mol. The van der Waals surface area contributed by atoms with Crippen molar-refractivity contribution in [2.24, 2.45) is 0 Å². The summed E-state index contributed by atoms with van der Waals surface area (Å²) in [5, 5.41) is 3.50. The van der Waals surface area contributed by atoms with Gasteiger partial charge in [0.2, 0.25) is 0 Å². The fraction of sp³-hybridized carbons (Fsp3) is 0.571. The Morgan fingerprint density at radius 2 is 2.10 bits per heavy atom. The van der Waals surface area contributed by atoms with Gasteiger partial charge in [-0.25, -0.2) is 8.42 Å². The Hall–Kier alpha value is -0.590. The lowest BCUT2D eigenvalue weighted by Gasteiger charge is -2.22. The first-order chi connectivity index (χ1) is 9.35. The monoisotopic (exact) mass is 360 g/mol. The van der Waals surface area contributed by atoms with Crippen LogP contribution in [0.15, 0.2) is 22.7 Å². The van der Waals surface area contributed by atoms with E-state index < -0.39 is 9.84 Å². The van der Waals surface area contributed by atoms with Gasteiger partial charge in [-0.1, -0.05) is 15.9 Å². The van der Waals surface area contributed by atoms with Crippen molar-refractivity contribution in [2.75, 3.05) is 30.5 Å². The zero-order valence-corrected chi connectivity index (χ0v) is 14.3. The Kier molecular flexibility index (Phi) is 5.09. The minimum atomic E-state index is -2.93. The first-order valence-corrected chi connectivity index (χ1v) is 9.61. The summed E-state index contributed by atoms with van der Waals surface area (Å²) in [4.78, 5) is 2.01. The Labute approximate surface area is 129 Å². The molecule has 6 heteroatoms. The lowest BCUT2D eigenvalue weighted by molar-refractivity contribution is 0.601. The molecule has 1 aromatic rings. The number of halogens is 1. The molecule has 0 amide bonds. The summed E-state index contributed by atoms with van der Waals surface area (Å²) >= 11 is 3.50. The van der Waals surface area contributed by atoms with Gasteiger partial charge < -0.3 is 10.2 Å². The van der Waals surface area contributed by atoms with Gasteiger partial charge in [-0.15, -0.1) is 0 Å². The van der Waals surface area contributed by atoms with Crippen LogP contribution < -0.4 is 10.2 Å². The van der Waals surface area contributed by atoms with E-state index in [2.05, 4.69) is 27.3 Å². The highest BCUT2D eigenvalue weighted by Crippen LogP contribution is 2.26. The summed E-state index contributed by atoms with van der Waals surface area (Å²) in [7, 11) is -0.991. The van der Waals surface area contributed by atoms with E-state index in [1.54, 1.807) is 0 Å². The molecule has 1 N–H and O–H groups in total. The number of rotatable bonds is 7. The molecule has 0 atom stereocenters. The van der Waals surface area contributed by atoms with E-state index >= 15 is 0 Å².